The van der Waals surface area contributed by atoms with Crippen LogP contribution in [0, 0.1) is 0 Å². The molecule has 0 aliphatic heterocycles. The number of nitrogens with zero attached hydrogens (tertiary/aromatic N) is 3. The highest BCUT2D eigenvalue weighted by molar-refractivity contribution is 5.67. The summed E-state index contributed by atoms with van der Waals surface area (Å²) in [4.78, 5) is 8.60. The molecule has 0 fully saturated rings. The fourth-order valence-electron chi connectivity index (χ4n) is 2.08. The molecule has 0 bridgehead atoms. The third-order valence-electron chi connectivity index (χ3n) is 3.16. The zero-order valence-corrected chi connectivity index (χ0v) is 11.4. The van der Waals surface area contributed by atoms with E-state index in [1.807, 2.05) is 19.1 Å². The molecule has 3 aromatic rings. The van der Waals surface area contributed by atoms with E-state index in [1.54, 1.807) is 18.3 Å². The van der Waals surface area contributed by atoms with Gasteiger partial charge in [0.25, 0.3) is 5.89 Å². The van der Waals surface area contributed by atoms with Crippen molar-refractivity contribution in [1.29, 1.82) is 0 Å². The Morgan fingerprint density at radius 1 is 1.29 bits per heavy atom. The van der Waals surface area contributed by atoms with Crippen LogP contribution in [0.1, 0.15) is 12.5 Å². The number of aromatic hydroxyl groups is 1. The molecule has 0 aliphatic carbocycles. The third kappa shape index (κ3) is 2.43. The normalized spacial score (nSPS) is 10.7. The molecule has 1 aromatic carbocycles. The summed E-state index contributed by atoms with van der Waals surface area (Å²) >= 11 is 0. The minimum Gasteiger partial charge on any atom is -0.507 e. The first kappa shape index (κ1) is 13.1. The summed E-state index contributed by atoms with van der Waals surface area (Å²) in [5, 5.41) is 13.8. The summed E-state index contributed by atoms with van der Waals surface area (Å²) in [5.41, 5.74) is 8.23. The maximum atomic E-state index is 9.90. The second-order valence-electron chi connectivity index (χ2n) is 4.56. The molecule has 21 heavy (non-hydrogen) atoms. The average molecular weight is 282 g/mol. The van der Waals surface area contributed by atoms with Crippen molar-refractivity contribution in [2.45, 2.75) is 13.3 Å². The van der Waals surface area contributed by atoms with Crippen LogP contribution in [-0.4, -0.2) is 20.2 Å². The van der Waals surface area contributed by atoms with Gasteiger partial charge in [-0.25, -0.2) is 0 Å². The van der Waals surface area contributed by atoms with Crippen LogP contribution in [0.5, 0.6) is 5.75 Å². The van der Waals surface area contributed by atoms with Gasteiger partial charge in [0.15, 0.2) is 0 Å². The van der Waals surface area contributed by atoms with Gasteiger partial charge in [0.05, 0.1) is 5.56 Å². The van der Waals surface area contributed by atoms with Gasteiger partial charge in [0.1, 0.15) is 11.4 Å². The van der Waals surface area contributed by atoms with Gasteiger partial charge in [-0.3, -0.25) is 4.98 Å². The van der Waals surface area contributed by atoms with E-state index in [1.165, 1.54) is 6.07 Å². The van der Waals surface area contributed by atoms with Crippen LogP contribution in [0.25, 0.3) is 23.0 Å². The first-order chi connectivity index (χ1) is 10.2. The Labute approximate surface area is 121 Å². The highest BCUT2D eigenvalue weighted by Gasteiger charge is 2.16. The number of nitrogen functional groups attached to an aromatic ring is 1. The summed E-state index contributed by atoms with van der Waals surface area (Å²) in [7, 11) is 0. The van der Waals surface area contributed by atoms with E-state index >= 15 is 0 Å². The predicted molar refractivity (Wildman–Crippen MR) is 78.4 cm³/mol. The molecule has 0 radical (unpaired) electrons. The molecular weight excluding hydrogens is 268 g/mol. The Kier molecular flexibility index (Phi) is 3.27. The van der Waals surface area contributed by atoms with Crippen LogP contribution in [0.15, 0.2) is 41.1 Å². The molecule has 0 saturated carbocycles. The van der Waals surface area contributed by atoms with E-state index < -0.39 is 0 Å². The van der Waals surface area contributed by atoms with E-state index in [0.717, 1.165) is 12.0 Å². The van der Waals surface area contributed by atoms with Crippen LogP contribution in [-0.2, 0) is 6.42 Å². The van der Waals surface area contributed by atoms with Crippen LogP contribution >= 0.6 is 0 Å². The van der Waals surface area contributed by atoms with E-state index in [2.05, 4.69) is 15.1 Å². The van der Waals surface area contributed by atoms with Crippen molar-refractivity contribution < 1.29 is 9.63 Å². The van der Waals surface area contributed by atoms with Crippen molar-refractivity contribution >= 4 is 5.69 Å². The number of pyridine rings is 1. The minimum absolute atomic E-state index is 0.00179. The lowest BCUT2D eigenvalue weighted by molar-refractivity contribution is 0.425. The molecule has 0 unspecified atom stereocenters. The first-order valence-electron chi connectivity index (χ1n) is 6.56. The van der Waals surface area contributed by atoms with Gasteiger partial charge in [0, 0.05) is 18.0 Å². The van der Waals surface area contributed by atoms with Crippen molar-refractivity contribution in [3.63, 3.8) is 0 Å². The number of anilines is 1. The standard InChI is InChI=1S/C15H14N4O2/c1-2-9-4-3-7-17-13(9)14-18-15(21-19-14)11-6-5-10(16)8-12(11)20/h3-8,20H,2,16H2,1H3. The van der Waals surface area contributed by atoms with E-state index in [0.29, 0.717) is 22.8 Å². The van der Waals surface area contributed by atoms with Crippen molar-refractivity contribution in [2.75, 3.05) is 5.73 Å². The summed E-state index contributed by atoms with van der Waals surface area (Å²) in [6.07, 6.45) is 2.51. The second kappa shape index (κ2) is 5.24. The van der Waals surface area contributed by atoms with Crippen LogP contribution in [0.4, 0.5) is 5.69 Å². The zero-order valence-electron chi connectivity index (χ0n) is 11.4. The number of phenolic OH excluding ortho intramolecular Hbond substituents is 1. The second-order valence-corrected chi connectivity index (χ2v) is 4.56. The Morgan fingerprint density at radius 2 is 2.14 bits per heavy atom. The number of rotatable bonds is 3. The maximum absolute atomic E-state index is 9.90. The lowest BCUT2D eigenvalue weighted by Crippen LogP contribution is -1.92. The Morgan fingerprint density at radius 3 is 2.90 bits per heavy atom. The topological polar surface area (TPSA) is 98.1 Å². The summed E-state index contributed by atoms with van der Waals surface area (Å²) in [5.74, 6) is 0.635. The number of aromatic nitrogens is 3. The highest BCUT2D eigenvalue weighted by atomic mass is 16.5. The number of nitrogens with two attached hydrogens (primary N) is 1. The van der Waals surface area contributed by atoms with Crippen molar-refractivity contribution in [1.82, 2.24) is 15.1 Å². The van der Waals surface area contributed by atoms with Gasteiger partial charge in [-0.15, -0.1) is 0 Å². The fraction of sp³-hybridized carbons (Fsp3) is 0.133. The van der Waals surface area contributed by atoms with Crippen molar-refractivity contribution in [3.8, 4) is 28.7 Å². The predicted octanol–water partition coefficient (Wildman–Crippen LogP) is 2.65. The largest absolute Gasteiger partial charge is 0.507 e. The molecule has 0 atom stereocenters. The lowest BCUT2D eigenvalue weighted by Gasteiger charge is -2.01. The van der Waals surface area contributed by atoms with Crippen LogP contribution in [0.2, 0.25) is 0 Å². The van der Waals surface area contributed by atoms with Crippen LogP contribution in [0.3, 0.4) is 0 Å². The number of hydrogen-bond acceptors (Lipinski definition) is 6. The molecule has 3 rings (SSSR count). The molecule has 2 aromatic heterocycles. The van der Waals surface area contributed by atoms with Gasteiger partial charge in [-0.2, -0.15) is 4.98 Å². The number of benzene rings is 1. The first-order valence-corrected chi connectivity index (χ1v) is 6.56. The molecule has 0 spiro atoms. The molecule has 6 nitrogen and oxygen atoms in total. The fourth-order valence-corrected chi connectivity index (χ4v) is 2.08. The van der Waals surface area contributed by atoms with Crippen LogP contribution < -0.4 is 5.73 Å². The summed E-state index contributed by atoms with van der Waals surface area (Å²) in [6.45, 7) is 2.04. The van der Waals surface area contributed by atoms with E-state index in [4.69, 9.17) is 10.3 Å². The highest BCUT2D eigenvalue weighted by Crippen LogP contribution is 2.31. The Bertz CT molecular complexity index is 783. The van der Waals surface area contributed by atoms with Gasteiger partial charge < -0.3 is 15.4 Å². The molecule has 2 heterocycles. The lowest BCUT2D eigenvalue weighted by atomic mass is 10.1. The maximum Gasteiger partial charge on any atom is 0.262 e. The zero-order chi connectivity index (χ0) is 14.8. The quantitative estimate of drug-likeness (QED) is 0.716. The average Bonchev–Trinajstić information content (AvgIpc) is 2.96. The van der Waals surface area contributed by atoms with Gasteiger partial charge in [-0.1, -0.05) is 18.1 Å². The van der Waals surface area contributed by atoms with Gasteiger partial charge in [0.2, 0.25) is 5.82 Å². The summed E-state index contributed by atoms with van der Waals surface area (Å²) in [6, 6.07) is 8.59. The Balaban J connectivity index is 2.04. The molecule has 106 valence electrons. The minimum atomic E-state index is 0.00179. The van der Waals surface area contributed by atoms with E-state index in [-0.39, 0.29) is 11.6 Å². The number of phenols is 1. The number of hydrogen-bond donors (Lipinski definition) is 2. The number of aryl methyl sites for hydroxylation is 1. The third-order valence-corrected chi connectivity index (χ3v) is 3.16. The van der Waals surface area contributed by atoms with Gasteiger partial charge in [-0.05, 0) is 30.2 Å². The molecule has 3 N–H and O–H groups in total. The molecule has 0 amide bonds. The Hall–Kier alpha value is -2.89. The molecule has 6 heteroatoms. The summed E-state index contributed by atoms with van der Waals surface area (Å²) < 4.78 is 5.22. The van der Waals surface area contributed by atoms with Gasteiger partial charge >= 0.3 is 0 Å². The molecular formula is C15H14N4O2. The monoisotopic (exact) mass is 282 g/mol. The van der Waals surface area contributed by atoms with E-state index in [9.17, 15) is 5.11 Å². The molecule has 0 aliphatic rings. The SMILES string of the molecule is CCc1cccnc1-c1noc(-c2ccc(N)cc2O)n1. The molecule has 0 saturated heterocycles. The van der Waals surface area contributed by atoms with Crippen molar-refractivity contribution in [2.24, 2.45) is 0 Å². The smallest absolute Gasteiger partial charge is 0.262 e. The van der Waals surface area contributed by atoms with Crippen molar-refractivity contribution in [3.05, 3.63) is 42.1 Å².